The van der Waals surface area contributed by atoms with E-state index in [0.717, 1.165) is 50.5 Å². The number of nitrogens with one attached hydrogen (secondary N) is 1. The Hall–Kier alpha value is -4.49. The molecule has 0 aliphatic heterocycles. The molecule has 0 saturated heterocycles. The highest BCUT2D eigenvalue weighted by molar-refractivity contribution is 7.99. The lowest BCUT2D eigenvalue weighted by Gasteiger charge is -2.23. The molecule has 1 N–H and O–H groups in total. The Morgan fingerprint density at radius 1 is 0.744 bits per heavy atom. The third-order valence-corrected chi connectivity index (χ3v) is 7.13. The summed E-state index contributed by atoms with van der Waals surface area (Å²) < 4.78 is 10.7. The fourth-order valence-electron chi connectivity index (χ4n) is 4.28. The topological polar surface area (TPSA) is 67.5 Å². The summed E-state index contributed by atoms with van der Waals surface area (Å²) in [4.78, 5) is 23.6. The van der Waals surface area contributed by atoms with E-state index < -0.39 is 0 Å². The van der Waals surface area contributed by atoms with Gasteiger partial charge in [0.05, 0.1) is 25.6 Å². The molecule has 1 aromatic heterocycles. The molecule has 4 aromatic carbocycles. The first-order chi connectivity index (χ1) is 19.2. The van der Waals surface area contributed by atoms with E-state index in [0.29, 0.717) is 12.2 Å². The molecule has 7 heteroatoms. The van der Waals surface area contributed by atoms with Gasteiger partial charge in [0.2, 0.25) is 5.91 Å². The molecule has 6 nitrogen and oxygen atoms in total. The first-order valence-electron chi connectivity index (χ1n) is 12.6. The number of anilines is 2. The number of carbonyl (C=O) groups is 1. The van der Waals surface area contributed by atoms with E-state index in [9.17, 15) is 4.79 Å². The predicted octanol–water partition coefficient (Wildman–Crippen LogP) is 7.61. The Bertz CT molecular complexity index is 1400. The lowest BCUT2D eigenvalue weighted by Crippen LogP contribution is -2.26. The maximum Gasteiger partial charge on any atom is 0.232 e. The molecule has 1 heterocycles. The Morgan fingerprint density at radius 3 is 1.77 bits per heavy atom. The number of aromatic amines is 1. The van der Waals surface area contributed by atoms with Crippen molar-refractivity contribution < 1.29 is 14.3 Å². The Balaban J connectivity index is 1.37. The van der Waals surface area contributed by atoms with Crippen LogP contribution in [0.5, 0.6) is 11.5 Å². The molecule has 0 radical (unpaired) electrons. The molecule has 1 amide bonds. The molecule has 0 fully saturated rings. The van der Waals surface area contributed by atoms with Crippen molar-refractivity contribution in [3.05, 3.63) is 109 Å². The van der Waals surface area contributed by atoms with Crippen molar-refractivity contribution in [2.24, 2.45) is 0 Å². The van der Waals surface area contributed by atoms with Crippen molar-refractivity contribution in [3.8, 4) is 34.0 Å². The first-order valence-corrected chi connectivity index (χ1v) is 13.6. The molecule has 39 heavy (non-hydrogen) atoms. The number of thioether (sulfide) groups is 1. The normalized spacial score (nSPS) is 10.7. The van der Waals surface area contributed by atoms with Crippen LogP contribution in [0.1, 0.15) is 6.42 Å². The number of H-pyrrole nitrogens is 1. The average Bonchev–Trinajstić information content (AvgIpc) is 3.42. The van der Waals surface area contributed by atoms with Crippen molar-refractivity contribution in [3.63, 3.8) is 0 Å². The molecule has 196 valence electrons. The van der Waals surface area contributed by atoms with Crippen LogP contribution in [0.4, 0.5) is 11.4 Å². The zero-order valence-corrected chi connectivity index (χ0v) is 22.7. The van der Waals surface area contributed by atoms with Crippen LogP contribution in [0.15, 0.2) is 114 Å². The molecule has 0 atom stereocenters. The van der Waals surface area contributed by atoms with E-state index in [1.807, 2.05) is 109 Å². The van der Waals surface area contributed by atoms with E-state index >= 15 is 0 Å². The zero-order valence-electron chi connectivity index (χ0n) is 21.8. The van der Waals surface area contributed by atoms with Gasteiger partial charge in [-0.2, -0.15) is 0 Å². The largest absolute Gasteiger partial charge is 0.497 e. The highest BCUT2D eigenvalue weighted by Gasteiger charge is 2.19. The molecular formula is C32H29N3O3S. The summed E-state index contributed by atoms with van der Waals surface area (Å²) >= 11 is 1.53. The summed E-state index contributed by atoms with van der Waals surface area (Å²) in [7, 11) is 3.31. The quantitative estimate of drug-likeness (QED) is 0.186. The van der Waals surface area contributed by atoms with Gasteiger partial charge in [-0.15, -0.1) is 0 Å². The molecule has 0 aliphatic carbocycles. The molecule has 0 aliphatic rings. The molecule has 0 unspecified atom stereocenters. The number of carbonyl (C=O) groups excluding carboxylic acids is 1. The number of hydrogen-bond donors (Lipinski definition) is 1. The number of amides is 1. The third kappa shape index (κ3) is 6.16. The van der Waals surface area contributed by atoms with Crippen molar-refractivity contribution in [2.45, 2.75) is 11.6 Å². The Morgan fingerprint density at radius 2 is 1.26 bits per heavy atom. The third-order valence-electron chi connectivity index (χ3n) is 6.26. The van der Waals surface area contributed by atoms with Crippen molar-refractivity contribution in [2.75, 3.05) is 24.9 Å². The monoisotopic (exact) mass is 535 g/mol. The Labute approximate surface area is 232 Å². The van der Waals surface area contributed by atoms with Gasteiger partial charge < -0.3 is 14.5 Å². The number of methoxy groups -OCH3 is 2. The second-order valence-corrected chi connectivity index (χ2v) is 9.80. The van der Waals surface area contributed by atoms with E-state index in [1.54, 1.807) is 19.1 Å². The van der Waals surface area contributed by atoms with Gasteiger partial charge in [0.1, 0.15) is 11.5 Å². The molecule has 0 bridgehead atoms. The number of benzene rings is 4. The van der Waals surface area contributed by atoms with Crippen LogP contribution in [0, 0.1) is 0 Å². The van der Waals surface area contributed by atoms with Crippen LogP contribution in [0.3, 0.4) is 0 Å². The summed E-state index contributed by atoms with van der Waals surface area (Å²) in [6.07, 6.45) is 0.352. The zero-order chi connectivity index (χ0) is 27.0. The summed E-state index contributed by atoms with van der Waals surface area (Å²) in [6, 6.07) is 35.2. The lowest BCUT2D eigenvalue weighted by molar-refractivity contribution is -0.117. The molecule has 0 saturated carbocycles. The number of rotatable bonds is 10. The second-order valence-electron chi connectivity index (χ2n) is 8.72. The number of para-hydroxylation sites is 2. The van der Waals surface area contributed by atoms with Crippen LogP contribution in [-0.4, -0.2) is 35.8 Å². The highest BCUT2D eigenvalue weighted by atomic mass is 32.2. The molecule has 5 aromatic rings. The van der Waals surface area contributed by atoms with Gasteiger partial charge in [0, 0.05) is 34.7 Å². The minimum Gasteiger partial charge on any atom is -0.497 e. The standard InChI is InChI=1S/C32H29N3O3S/c1-37-27-17-13-23(14-18-27)30-31(24-15-19-28(38-2)20-16-24)34-32(33-30)39-22-21-29(36)35(25-9-5-3-6-10-25)26-11-7-4-8-12-26/h3-20H,21-22H2,1-2H3,(H,33,34). The number of hydrogen-bond acceptors (Lipinski definition) is 5. The number of aromatic nitrogens is 2. The van der Waals surface area contributed by atoms with Crippen molar-refractivity contribution in [1.29, 1.82) is 0 Å². The minimum absolute atomic E-state index is 0.0252. The number of imidazole rings is 1. The van der Waals surface area contributed by atoms with E-state index in [1.165, 1.54) is 11.8 Å². The van der Waals surface area contributed by atoms with Gasteiger partial charge >= 0.3 is 0 Å². The van der Waals surface area contributed by atoms with Crippen molar-refractivity contribution >= 4 is 29.0 Å². The van der Waals surface area contributed by atoms with Crippen LogP contribution < -0.4 is 14.4 Å². The van der Waals surface area contributed by atoms with Gasteiger partial charge in [-0.3, -0.25) is 9.69 Å². The first kappa shape index (κ1) is 26.1. The fourth-order valence-corrected chi connectivity index (χ4v) is 5.08. The molecule has 5 rings (SSSR count). The highest BCUT2D eigenvalue weighted by Crippen LogP contribution is 2.35. The number of ether oxygens (including phenoxy) is 2. The molecule has 0 spiro atoms. The van der Waals surface area contributed by atoms with Gasteiger partial charge in [-0.25, -0.2) is 4.98 Å². The fraction of sp³-hybridized carbons (Fsp3) is 0.125. The number of nitrogens with zero attached hydrogens (tertiary/aromatic N) is 2. The Kier molecular flexibility index (Phi) is 8.29. The summed E-state index contributed by atoms with van der Waals surface area (Å²) in [5, 5.41) is 0.755. The summed E-state index contributed by atoms with van der Waals surface area (Å²) in [5.74, 6) is 2.18. The maximum absolute atomic E-state index is 13.4. The van der Waals surface area contributed by atoms with Gasteiger partial charge in [0.25, 0.3) is 0 Å². The maximum atomic E-state index is 13.4. The van der Waals surface area contributed by atoms with E-state index in [2.05, 4.69) is 4.98 Å². The minimum atomic E-state index is 0.0252. The summed E-state index contributed by atoms with van der Waals surface area (Å²) in [6.45, 7) is 0. The van der Waals surface area contributed by atoms with Gasteiger partial charge in [-0.05, 0) is 72.8 Å². The van der Waals surface area contributed by atoms with Crippen LogP contribution in [-0.2, 0) is 4.79 Å². The summed E-state index contributed by atoms with van der Waals surface area (Å²) in [5.41, 5.74) is 5.41. The predicted molar refractivity (Wildman–Crippen MR) is 158 cm³/mol. The van der Waals surface area contributed by atoms with Crippen LogP contribution in [0.2, 0.25) is 0 Å². The van der Waals surface area contributed by atoms with Crippen LogP contribution >= 0.6 is 11.8 Å². The molecular weight excluding hydrogens is 506 g/mol. The van der Waals surface area contributed by atoms with E-state index in [4.69, 9.17) is 14.5 Å². The second kappa shape index (κ2) is 12.4. The van der Waals surface area contributed by atoms with Gasteiger partial charge in [0.15, 0.2) is 5.16 Å². The smallest absolute Gasteiger partial charge is 0.232 e. The SMILES string of the molecule is COc1ccc(-c2nc(SCCC(=O)N(c3ccccc3)c3ccccc3)[nH]c2-c2ccc(OC)cc2)cc1. The lowest BCUT2D eigenvalue weighted by atomic mass is 10.0. The average molecular weight is 536 g/mol. The van der Waals surface area contributed by atoms with Gasteiger partial charge in [-0.1, -0.05) is 48.2 Å². The van der Waals surface area contributed by atoms with Crippen molar-refractivity contribution in [1.82, 2.24) is 9.97 Å². The van der Waals surface area contributed by atoms with Crippen LogP contribution in [0.25, 0.3) is 22.5 Å². The van der Waals surface area contributed by atoms with E-state index in [-0.39, 0.29) is 5.91 Å².